The van der Waals surface area contributed by atoms with Crippen LogP contribution in [0, 0.1) is 0 Å². The Labute approximate surface area is 137 Å². The van der Waals surface area contributed by atoms with Gasteiger partial charge in [-0.25, -0.2) is 4.98 Å². The van der Waals surface area contributed by atoms with Crippen molar-refractivity contribution in [1.29, 1.82) is 0 Å². The molecule has 0 bridgehead atoms. The second-order valence-electron chi connectivity index (χ2n) is 7.90. The third kappa shape index (κ3) is 3.05. The van der Waals surface area contributed by atoms with E-state index in [1.54, 1.807) is 0 Å². The van der Waals surface area contributed by atoms with Crippen molar-refractivity contribution in [3.05, 3.63) is 18.0 Å². The van der Waals surface area contributed by atoms with E-state index in [2.05, 4.69) is 50.8 Å². The highest BCUT2D eigenvalue weighted by molar-refractivity contribution is 5.91. The van der Waals surface area contributed by atoms with Crippen LogP contribution in [0.1, 0.15) is 38.2 Å². The van der Waals surface area contributed by atoms with E-state index in [0.717, 1.165) is 38.4 Å². The fourth-order valence-electron chi connectivity index (χ4n) is 3.68. The van der Waals surface area contributed by atoms with Crippen LogP contribution in [0.25, 0.3) is 11.0 Å². The van der Waals surface area contributed by atoms with Crippen molar-refractivity contribution >= 4 is 16.7 Å². The van der Waals surface area contributed by atoms with E-state index in [4.69, 9.17) is 0 Å². The standard InChI is InChI=1S/C17H26N6/c1-17(2,18)11-22-5-7-23(8-6-22)15-13(12-3-4-12)9-19-16-14(15)10-20-21-16/h9-10,12H,3-8,11,18H2,1-2H3,(H,19,20,21)/p+1. The van der Waals surface area contributed by atoms with Crippen molar-refractivity contribution in [3.8, 4) is 0 Å². The molecule has 0 atom stereocenters. The van der Waals surface area contributed by atoms with E-state index in [1.807, 2.05) is 6.20 Å². The number of hydrogen-bond acceptors (Lipinski definition) is 4. The van der Waals surface area contributed by atoms with Gasteiger partial charge in [-0.2, -0.15) is 5.10 Å². The maximum absolute atomic E-state index is 4.56. The molecular formula is C17H27N6+. The van der Waals surface area contributed by atoms with Gasteiger partial charge in [0, 0.05) is 32.4 Å². The van der Waals surface area contributed by atoms with Crippen LogP contribution < -0.4 is 10.6 Å². The van der Waals surface area contributed by atoms with Gasteiger partial charge in [-0.3, -0.25) is 10.00 Å². The van der Waals surface area contributed by atoms with Crippen molar-refractivity contribution in [3.63, 3.8) is 0 Å². The van der Waals surface area contributed by atoms with Crippen LogP contribution in [-0.4, -0.2) is 58.3 Å². The molecule has 2 fully saturated rings. The highest BCUT2D eigenvalue weighted by Gasteiger charge is 2.31. The van der Waals surface area contributed by atoms with E-state index in [0.29, 0.717) is 5.92 Å². The second kappa shape index (κ2) is 5.46. The molecular weight excluding hydrogens is 288 g/mol. The number of fused-ring (bicyclic) bond motifs is 1. The topological polar surface area (TPSA) is 75.7 Å². The SMILES string of the molecule is CC(C)([NH3+])CN1CCN(c2c(C3CC3)cnc3[nH]ncc23)CC1. The summed E-state index contributed by atoms with van der Waals surface area (Å²) in [5.74, 6) is 0.702. The first-order valence-corrected chi connectivity index (χ1v) is 8.66. The lowest BCUT2D eigenvalue weighted by molar-refractivity contribution is -0.467. The largest absolute Gasteiger partial charge is 0.368 e. The van der Waals surface area contributed by atoms with Crippen molar-refractivity contribution in [2.24, 2.45) is 0 Å². The summed E-state index contributed by atoms with van der Waals surface area (Å²) in [6.45, 7) is 9.83. The Morgan fingerprint density at radius 3 is 2.61 bits per heavy atom. The molecule has 0 spiro atoms. The third-order valence-corrected chi connectivity index (χ3v) is 4.84. The Morgan fingerprint density at radius 1 is 1.22 bits per heavy atom. The van der Waals surface area contributed by atoms with Crippen molar-refractivity contribution in [2.45, 2.75) is 38.1 Å². The Morgan fingerprint density at radius 2 is 1.96 bits per heavy atom. The number of nitrogens with zero attached hydrogens (tertiary/aromatic N) is 4. The average Bonchev–Trinajstić information content (AvgIpc) is 3.23. The number of anilines is 1. The zero-order valence-corrected chi connectivity index (χ0v) is 14.2. The Hall–Kier alpha value is -1.66. The number of hydrogen-bond donors (Lipinski definition) is 2. The normalized spacial score (nSPS) is 20.4. The van der Waals surface area contributed by atoms with E-state index in [-0.39, 0.29) is 5.54 Å². The highest BCUT2D eigenvalue weighted by Crippen LogP contribution is 2.46. The summed E-state index contributed by atoms with van der Waals surface area (Å²) in [4.78, 5) is 9.64. The van der Waals surface area contributed by atoms with Gasteiger partial charge < -0.3 is 10.6 Å². The van der Waals surface area contributed by atoms with Gasteiger partial charge in [-0.15, -0.1) is 0 Å². The summed E-state index contributed by atoms with van der Waals surface area (Å²) in [6.07, 6.45) is 6.61. The van der Waals surface area contributed by atoms with Gasteiger partial charge in [0.25, 0.3) is 0 Å². The monoisotopic (exact) mass is 315 g/mol. The molecule has 4 N–H and O–H groups in total. The second-order valence-corrected chi connectivity index (χ2v) is 7.90. The maximum Gasteiger partial charge on any atom is 0.157 e. The minimum atomic E-state index is 0.121. The van der Waals surface area contributed by atoms with Gasteiger partial charge in [-0.05, 0) is 38.2 Å². The van der Waals surface area contributed by atoms with Crippen molar-refractivity contribution < 1.29 is 5.73 Å². The summed E-state index contributed by atoms with van der Waals surface area (Å²) < 4.78 is 0. The van der Waals surface area contributed by atoms with E-state index in [1.165, 1.54) is 29.5 Å². The molecule has 6 nitrogen and oxygen atoms in total. The lowest BCUT2D eigenvalue weighted by atomic mass is 10.0. The number of rotatable bonds is 4. The van der Waals surface area contributed by atoms with Crippen LogP contribution in [0.2, 0.25) is 0 Å². The summed E-state index contributed by atoms with van der Waals surface area (Å²) in [5.41, 5.74) is 8.07. The lowest BCUT2D eigenvalue weighted by Gasteiger charge is -2.38. The van der Waals surface area contributed by atoms with Gasteiger partial charge in [0.05, 0.1) is 23.8 Å². The summed E-state index contributed by atoms with van der Waals surface area (Å²) >= 11 is 0. The first kappa shape index (κ1) is 14.9. The molecule has 1 saturated heterocycles. The molecule has 2 aromatic rings. The maximum atomic E-state index is 4.56. The molecule has 4 rings (SSSR count). The number of piperazine rings is 1. The van der Waals surface area contributed by atoms with Gasteiger partial charge in [-0.1, -0.05) is 0 Å². The molecule has 1 aliphatic heterocycles. The zero-order valence-electron chi connectivity index (χ0n) is 14.2. The first-order chi connectivity index (χ1) is 11.0. The molecule has 3 heterocycles. The Kier molecular flexibility index (Phi) is 3.54. The van der Waals surface area contributed by atoms with Crippen LogP contribution >= 0.6 is 0 Å². The molecule has 124 valence electrons. The van der Waals surface area contributed by atoms with Gasteiger partial charge in [0.15, 0.2) is 5.65 Å². The van der Waals surface area contributed by atoms with Crippen molar-refractivity contribution in [1.82, 2.24) is 20.1 Å². The van der Waals surface area contributed by atoms with Crippen molar-refractivity contribution in [2.75, 3.05) is 37.6 Å². The predicted molar refractivity (Wildman–Crippen MR) is 91.5 cm³/mol. The number of aromatic nitrogens is 3. The number of pyridine rings is 1. The third-order valence-electron chi connectivity index (χ3n) is 4.84. The number of H-pyrrole nitrogens is 1. The summed E-state index contributed by atoms with van der Waals surface area (Å²) in [6, 6.07) is 0. The number of nitrogens with one attached hydrogen (secondary N) is 1. The van der Waals surface area contributed by atoms with Gasteiger partial charge >= 0.3 is 0 Å². The molecule has 23 heavy (non-hydrogen) atoms. The quantitative estimate of drug-likeness (QED) is 0.882. The fraction of sp³-hybridized carbons (Fsp3) is 0.647. The van der Waals surface area contributed by atoms with Crippen LogP contribution in [0.5, 0.6) is 0 Å². The molecule has 2 aliphatic rings. The smallest absolute Gasteiger partial charge is 0.157 e. The van der Waals surface area contributed by atoms with Crippen LogP contribution in [0.3, 0.4) is 0 Å². The summed E-state index contributed by atoms with van der Waals surface area (Å²) in [5, 5.41) is 8.41. The molecule has 2 aromatic heterocycles. The van der Waals surface area contributed by atoms with E-state index in [9.17, 15) is 0 Å². The predicted octanol–water partition coefficient (Wildman–Crippen LogP) is 0.978. The van der Waals surface area contributed by atoms with E-state index >= 15 is 0 Å². The lowest BCUT2D eigenvalue weighted by Crippen LogP contribution is -2.73. The minimum Gasteiger partial charge on any atom is -0.368 e. The van der Waals surface area contributed by atoms with Gasteiger partial charge in [0.1, 0.15) is 5.54 Å². The van der Waals surface area contributed by atoms with Crippen LogP contribution in [-0.2, 0) is 0 Å². The highest BCUT2D eigenvalue weighted by atomic mass is 15.3. The molecule has 0 radical (unpaired) electrons. The fourth-order valence-corrected chi connectivity index (χ4v) is 3.68. The molecule has 0 aromatic carbocycles. The summed E-state index contributed by atoms with van der Waals surface area (Å²) in [7, 11) is 0. The Balaban J connectivity index is 1.58. The van der Waals surface area contributed by atoms with Crippen LogP contribution in [0.4, 0.5) is 5.69 Å². The van der Waals surface area contributed by atoms with E-state index < -0.39 is 0 Å². The zero-order chi connectivity index (χ0) is 16.0. The first-order valence-electron chi connectivity index (χ1n) is 8.66. The minimum absolute atomic E-state index is 0.121. The Bertz CT molecular complexity index is 689. The number of aromatic amines is 1. The average molecular weight is 315 g/mol. The van der Waals surface area contributed by atoms with Gasteiger partial charge in [0.2, 0.25) is 0 Å². The molecule has 6 heteroatoms. The molecule has 0 amide bonds. The van der Waals surface area contributed by atoms with Crippen LogP contribution in [0.15, 0.2) is 12.4 Å². The molecule has 0 unspecified atom stereocenters. The molecule has 1 saturated carbocycles. The number of quaternary nitrogens is 1. The molecule has 1 aliphatic carbocycles.